The molecule has 0 atom stereocenters. The third-order valence-corrected chi connectivity index (χ3v) is 5.36. The molecule has 0 radical (unpaired) electrons. The Balaban J connectivity index is 1.58. The highest BCUT2D eigenvalue weighted by Crippen LogP contribution is 2.39. The predicted octanol–water partition coefficient (Wildman–Crippen LogP) is 4.56. The van der Waals surface area contributed by atoms with E-state index in [-0.39, 0.29) is 30.3 Å². The topological polar surface area (TPSA) is 27.7 Å². The highest BCUT2D eigenvalue weighted by molar-refractivity contribution is 5.28. The summed E-state index contributed by atoms with van der Waals surface area (Å²) in [6.07, 6.45) is 5.37. The molecule has 1 aliphatic carbocycles. The quantitative estimate of drug-likeness (QED) is 0.727. The summed E-state index contributed by atoms with van der Waals surface area (Å²) in [6.45, 7) is 5.04. The zero-order chi connectivity index (χ0) is 17.8. The third-order valence-electron chi connectivity index (χ3n) is 5.36. The molecule has 0 unspecified atom stereocenters. The van der Waals surface area contributed by atoms with Crippen molar-refractivity contribution < 1.29 is 23.0 Å². The van der Waals surface area contributed by atoms with Gasteiger partial charge in [0, 0.05) is 24.5 Å². The van der Waals surface area contributed by atoms with Gasteiger partial charge in [0.25, 0.3) is 0 Å². The smallest absolute Gasteiger partial charge is 0.160 e. The maximum Gasteiger partial charge on any atom is 0.160 e. The largest absolute Gasteiger partial charge is 0.380 e. The first kappa shape index (κ1) is 18.5. The number of halogens is 2. The van der Waals surface area contributed by atoms with Gasteiger partial charge in [0.2, 0.25) is 0 Å². The van der Waals surface area contributed by atoms with Crippen molar-refractivity contribution in [2.24, 2.45) is 11.8 Å². The molecular weight excluding hydrogens is 326 g/mol. The Hall–Kier alpha value is -1.30. The van der Waals surface area contributed by atoms with Crippen LogP contribution in [0.3, 0.4) is 0 Å². The Morgan fingerprint density at radius 3 is 2.24 bits per heavy atom. The Bertz CT molecular complexity index is 566. The van der Waals surface area contributed by atoms with Crippen LogP contribution in [0.15, 0.2) is 24.8 Å². The van der Waals surface area contributed by atoms with Crippen molar-refractivity contribution in [1.29, 1.82) is 0 Å². The molecular formula is C20H26F2O3. The standard InChI is InChI=1S/C20H26F2O3/c1-3-13-10-24-20(25-11-13)15-6-4-14(5-7-15)16-8-18(21)17(12-23-2)19(22)9-16/h3,8-9,13-15,20H,1,4-7,10-12H2,2H3. The van der Waals surface area contributed by atoms with E-state index < -0.39 is 11.6 Å². The van der Waals surface area contributed by atoms with Crippen molar-refractivity contribution in [3.63, 3.8) is 0 Å². The molecule has 1 saturated carbocycles. The minimum Gasteiger partial charge on any atom is -0.380 e. The van der Waals surface area contributed by atoms with E-state index in [1.807, 2.05) is 6.08 Å². The number of rotatable bonds is 5. The number of benzene rings is 1. The minimum absolute atomic E-state index is 0.000662. The zero-order valence-electron chi connectivity index (χ0n) is 14.7. The Labute approximate surface area is 148 Å². The van der Waals surface area contributed by atoms with Crippen molar-refractivity contribution in [2.45, 2.75) is 44.5 Å². The average Bonchev–Trinajstić information content (AvgIpc) is 2.65. The lowest BCUT2D eigenvalue weighted by Gasteiger charge is -2.37. The van der Waals surface area contributed by atoms with Crippen LogP contribution in [-0.4, -0.2) is 26.6 Å². The molecule has 3 rings (SSSR count). The van der Waals surface area contributed by atoms with Gasteiger partial charge in [-0.3, -0.25) is 0 Å². The maximum absolute atomic E-state index is 14.1. The summed E-state index contributed by atoms with van der Waals surface area (Å²) < 4.78 is 44.7. The molecule has 5 heteroatoms. The van der Waals surface area contributed by atoms with Gasteiger partial charge in [-0.15, -0.1) is 6.58 Å². The van der Waals surface area contributed by atoms with E-state index >= 15 is 0 Å². The average molecular weight is 352 g/mol. The molecule has 1 saturated heterocycles. The molecule has 0 N–H and O–H groups in total. The van der Waals surface area contributed by atoms with Crippen LogP contribution < -0.4 is 0 Å². The zero-order valence-corrected chi connectivity index (χ0v) is 14.7. The van der Waals surface area contributed by atoms with E-state index in [0.717, 1.165) is 31.2 Å². The van der Waals surface area contributed by atoms with Gasteiger partial charge in [0.15, 0.2) is 6.29 Å². The van der Waals surface area contributed by atoms with E-state index in [9.17, 15) is 8.78 Å². The van der Waals surface area contributed by atoms with E-state index in [1.165, 1.54) is 19.2 Å². The molecule has 1 heterocycles. The SMILES string of the molecule is C=CC1COC(C2CCC(c3cc(F)c(COC)c(F)c3)CC2)OC1. The second-order valence-corrected chi connectivity index (χ2v) is 7.04. The lowest BCUT2D eigenvalue weighted by atomic mass is 9.78. The summed E-state index contributed by atoms with van der Waals surface area (Å²) in [5.41, 5.74) is 0.742. The molecule has 138 valence electrons. The molecule has 2 fully saturated rings. The van der Waals surface area contributed by atoms with Gasteiger partial charge in [-0.1, -0.05) is 6.08 Å². The fourth-order valence-corrected chi connectivity index (χ4v) is 3.81. The molecule has 1 aliphatic heterocycles. The Kier molecular flexibility index (Phi) is 6.20. The van der Waals surface area contributed by atoms with Crippen LogP contribution in [-0.2, 0) is 20.8 Å². The summed E-state index contributed by atoms with van der Waals surface area (Å²) in [5.74, 6) is -0.239. The minimum atomic E-state index is -0.520. The summed E-state index contributed by atoms with van der Waals surface area (Å²) in [5, 5.41) is 0. The van der Waals surface area contributed by atoms with Crippen LogP contribution in [0, 0.1) is 23.5 Å². The molecule has 1 aromatic carbocycles. The van der Waals surface area contributed by atoms with Crippen LogP contribution >= 0.6 is 0 Å². The summed E-state index contributed by atoms with van der Waals surface area (Å²) >= 11 is 0. The molecule has 1 aromatic rings. The van der Waals surface area contributed by atoms with Gasteiger partial charge in [0.05, 0.1) is 19.8 Å². The number of methoxy groups -OCH3 is 1. The van der Waals surface area contributed by atoms with Crippen molar-refractivity contribution in [1.82, 2.24) is 0 Å². The van der Waals surface area contributed by atoms with Gasteiger partial charge in [-0.25, -0.2) is 8.78 Å². The molecule has 25 heavy (non-hydrogen) atoms. The van der Waals surface area contributed by atoms with Crippen molar-refractivity contribution in [3.8, 4) is 0 Å². The highest BCUT2D eigenvalue weighted by Gasteiger charge is 2.32. The molecule has 3 nitrogen and oxygen atoms in total. The molecule has 0 amide bonds. The van der Waals surface area contributed by atoms with Crippen LogP contribution in [0.25, 0.3) is 0 Å². The van der Waals surface area contributed by atoms with Crippen LogP contribution in [0.5, 0.6) is 0 Å². The molecule has 0 bridgehead atoms. The first-order valence-electron chi connectivity index (χ1n) is 8.94. The van der Waals surface area contributed by atoms with Gasteiger partial charge in [-0.2, -0.15) is 0 Å². The maximum atomic E-state index is 14.1. The van der Waals surface area contributed by atoms with Crippen molar-refractivity contribution >= 4 is 0 Å². The van der Waals surface area contributed by atoms with Crippen LogP contribution in [0.1, 0.15) is 42.7 Å². The number of ether oxygens (including phenoxy) is 3. The summed E-state index contributed by atoms with van der Waals surface area (Å²) in [4.78, 5) is 0. The van der Waals surface area contributed by atoms with E-state index in [4.69, 9.17) is 14.2 Å². The lowest BCUT2D eigenvalue weighted by Crippen LogP contribution is -2.37. The Morgan fingerprint density at radius 2 is 1.72 bits per heavy atom. The molecule has 2 aliphatic rings. The van der Waals surface area contributed by atoms with Gasteiger partial charge in [-0.05, 0) is 49.3 Å². The first-order chi connectivity index (χ1) is 12.1. The molecule has 0 aromatic heterocycles. The predicted molar refractivity (Wildman–Crippen MR) is 91.1 cm³/mol. The van der Waals surface area contributed by atoms with Gasteiger partial charge in [0.1, 0.15) is 11.6 Å². The van der Waals surface area contributed by atoms with Crippen molar-refractivity contribution in [3.05, 3.63) is 47.5 Å². The third kappa shape index (κ3) is 4.27. The van der Waals surface area contributed by atoms with Gasteiger partial charge >= 0.3 is 0 Å². The summed E-state index contributed by atoms with van der Waals surface area (Å²) in [6, 6.07) is 2.93. The van der Waals surface area contributed by atoms with Crippen LogP contribution in [0.2, 0.25) is 0 Å². The normalized spacial score (nSPS) is 30.2. The van der Waals surface area contributed by atoms with Crippen molar-refractivity contribution in [2.75, 3.05) is 20.3 Å². The van der Waals surface area contributed by atoms with Crippen LogP contribution in [0.4, 0.5) is 8.78 Å². The second kappa shape index (κ2) is 8.39. The van der Waals surface area contributed by atoms with E-state index in [2.05, 4.69) is 6.58 Å². The highest BCUT2D eigenvalue weighted by atomic mass is 19.1. The first-order valence-corrected chi connectivity index (χ1v) is 8.94. The Morgan fingerprint density at radius 1 is 1.12 bits per heavy atom. The number of hydrogen-bond donors (Lipinski definition) is 0. The number of hydrogen-bond acceptors (Lipinski definition) is 3. The fourth-order valence-electron chi connectivity index (χ4n) is 3.81. The lowest BCUT2D eigenvalue weighted by molar-refractivity contribution is -0.222. The second-order valence-electron chi connectivity index (χ2n) is 7.04. The monoisotopic (exact) mass is 352 g/mol. The van der Waals surface area contributed by atoms with E-state index in [1.54, 1.807) is 0 Å². The van der Waals surface area contributed by atoms with Gasteiger partial charge < -0.3 is 14.2 Å². The fraction of sp³-hybridized carbons (Fsp3) is 0.600. The van der Waals surface area contributed by atoms with E-state index in [0.29, 0.717) is 19.1 Å². The summed E-state index contributed by atoms with van der Waals surface area (Å²) in [7, 11) is 1.43. The molecule has 0 spiro atoms.